The molecule has 2 heterocycles. The number of methoxy groups -OCH3 is 1. The number of carbonyl (C=O) groups excluding carboxylic acids is 1. The van der Waals surface area contributed by atoms with Gasteiger partial charge in [-0.3, -0.25) is 4.79 Å². The quantitative estimate of drug-likeness (QED) is 0.736. The standard InChI is InChI=1S/C12H21NO4/c1-12(6-9-3-4-13-7-9)16-8-10(17-12)5-11(14)15-2/h9-10,13H,3-8H2,1-2H3. The summed E-state index contributed by atoms with van der Waals surface area (Å²) in [5.41, 5.74) is 0. The van der Waals surface area contributed by atoms with Crippen molar-refractivity contribution < 1.29 is 19.0 Å². The number of nitrogens with one attached hydrogen (secondary N) is 1. The van der Waals surface area contributed by atoms with Gasteiger partial charge in [-0.2, -0.15) is 0 Å². The van der Waals surface area contributed by atoms with Crippen LogP contribution < -0.4 is 5.32 Å². The summed E-state index contributed by atoms with van der Waals surface area (Å²) in [5, 5.41) is 3.33. The van der Waals surface area contributed by atoms with Gasteiger partial charge in [0.25, 0.3) is 0 Å². The van der Waals surface area contributed by atoms with E-state index in [9.17, 15) is 4.79 Å². The van der Waals surface area contributed by atoms with E-state index in [2.05, 4.69) is 10.1 Å². The number of rotatable bonds is 4. The summed E-state index contributed by atoms with van der Waals surface area (Å²) in [6, 6.07) is 0. The molecule has 0 saturated carbocycles. The monoisotopic (exact) mass is 243 g/mol. The summed E-state index contributed by atoms with van der Waals surface area (Å²) in [6.45, 7) is 4.55. The average Bonchev–Trinajstić information content (AvgIpc) is 2.89. The second-order valence-corrected chi connectivity index (χ2v) is 5.03. The predicted molar refractivity (Wildman–Crippen MR) is 61.5 cm³/mol. The maximum atomic E-state index is 11.2. The van der Waals surface area contributed by atoms with Crippen molar-refractivity contribution in [2.24, 2.45) is 5.92 Å². The Morgan fingerprint density at radius 1 is 1.59 bits per heavy atom. The van der Waals surface area contributed by atoms with Crippen molar-refractivity contribution >= 4 is 5.97 Å². The fourth-order valence-corrected chi connectivity index (χ4v) is 2.58. The molecule has 2 fully saturated rings. The van der Waals surface area contributed by atoms with Crippen molar-refractivity contribution in [2.75, 3.05) is 26.8 Å². The number of hydrogen-bond acceptors (Lipinski definition) is 5. The van der Waals surface area contributed by atoms with Crippen LogP contribution in [0.2, 0.25) is 0 Å². The van der Waals surface area contributed by atoms with Crippen LogP contribution in [0.5, 0.6) is 0 Å². The van der Waals surface area contributed by atoms with Gasteiger partial charge in [-0.15, -0.1) is 0 Å². The van der Waals surface area contributed by atoms with Crippen LogP contribution in [0.25, 0.3) is 0 Å². The maximum absolute atomic E-state index is 11.2. The Balaban J connectivity index is 1.80. The van der Waals surface area contributed by atoms with Gasteiger partial charge in [0, 0.05) is 6.42 Å². The van der Waals surface area contributed by atoms with E-state index in [1.807, 2.05) is 6.92 Å². The third-order valence-corrected chi connectivity index (χ3v) is 3.43. The van der Waals surface area contributed by atoms with Crippen molar-refractivity contribution in [1.29, 1.82) is 0 Å². The van der Waals surface area contributed by atoms with Crippen molar-refractivity contribution in [3.8, 4) is 0 Å². The molecule has 0 aliphatic carbocycles. The van der Waals surface area contributed by atoms with Crippen LogP contribution in [0.1, 0.15) is 26.2 Å². The largest absolute Gasteiger partial charge is 0.469 e. The smallest absolute Gasteiger partial charge is 0.308 e. The van der Waals surface area contributed by atoms with Gasteiger partial charge in [-0.05, 0) is 32.4 Å². The van der Waals surface area contributed by atoms with E-state index >= 15 is 0 Å². The molecule has 0 aromatic carbocycles. The lowest BCUT2D eigenvalue weighted by Gasteiger charge is -2.26. The molecule has 0 spiro atoms. The highest BCUT2D eigenvalue weighted by molar-refractivity contribution is 5.69. The molecule has 5 nitrogen and oxygen atoms in total. The summed E-state index contributed by atoms with van der Waals surface area (Å²) in [5.74, 6) is -0.169. The minimum absolute atomic E-state index is 0.165. The zero-order valence-corrected chi connectivity index (χ0v) is 10.5. The van der Waals surface area contributed by atoms with E-state index in [1.54, 1.807) is 0 Å². The number of esters is 1. The molecule has 2 saturated heterocycles. The summed E-state index contributed by atoms with van der Waals surface area (Å²) < 4.78 is 16.2. The Morgan fingerprint density at radius 2 is 2.41 bits per heavy atom. The first-order valence-corrected chi connectivity index (χ1v) is 6.20. The minimum Gasteiger partial charge on any atom is -0.469 e. The van der Waals surface area contributed by atoms with E-state index in [1.165, 1.54) is 13.5 Å². The molecule has 0 amide bonds. The van der Waals surface area contributed by atoms with Gasteiger partial charge >= 0.3 is 5.97 Å². The number of carbonyl (C=O) groups is 1. The van der Waals surface area contributed by atoms with E-state index in [4.69, 9.17) is 9.47 Å². The second-order valence-electron chi connectivity index (χ2n) is 5.03. The van der Waals surface area contributed by atoms with Crippen LogP contribution in [-0.4, -0.2) is 44.7 Å². The molecule has 2 aliphatic heterocycles. The fraction of sp³-hybridized carbons (Fsp3) is 0.917. The highest BCUT2D eigenvalue weighted by Gasteiger charge is 2.40. The molecule has 0 bridgehead atoms. The highest BCUT2D eigenvalue weighted by Crippen LogP contribution is 2.32. The molecule has 98 valence electrons. The Morgan fingerprint density at radius 3 is 3.06 bits per heavy atom. The van der Waals surface area contributed by atoms with Crippen LogP contribution in [-0.2, 0) is 19.0 Å². The lowest BCUT2D eigenvalue weighted by atomic mass is 9.99. The topological polar surface area (TPSA) is 56.8 Å². The van der Waals surface area contributed by atoms with E-state index < -0.39 is 5.79 Å². The van der Waals surface area contributed by atoms with E-state index in [0.29, 0.717) is 12.5 Å². The Kier molecular flexibility index (Phi) is 4.01. The second kappa shape index (κ2) is 5.33. The lowest BCUT2D eigenvalue weighted by Crippen LogP contribution is -2.31. The molecule has 5 heteroatoms. The number of ether oxygens (including phenoxy) is 3. The Hall–Kier alpha value is -0.650. The first-order chi connectivity index (χ1) is 8.11. The van der Waals surface area contributed by atoms with Gasteiger partial charge in [0.2, 0.25) is 0 Å². The zero-order valence-electron chi connectivity index (χ0n) is 10.5. The average molecular weight is 243 g/mol. The molecule has 2 rings (SSSR count). The van der Waals surface area contributed by atoms with Gasteiger partial charge in [0.1, 0.15) is 0 Å². The third kappa shape index (κ3) is 3.40. The van der Waals surface area contributed by atoms with Crippen LogP contribution >= 0.6 is 0 Å². The van der Waals surface area contributed by atoms with Crippen molar-refractivity contribution in [2.45, 2.75) is 38.1 Å². The fourth-order valence-electron chi connectivity index (χ4n) is 2.58. The van der Waals surface area contributed by atoms with E-state index in [0.717, 1.165) is 19.5 Å². The summed E-state index contributed by atoms with van der Waals surface area (Å²) >= 11 is 0. The molecule has 17 heavy (non-hydrogen) atoms. The van der Waals surface area contributed by atoms with Crippen LogP contribution in [0, 0.1) is 5.92 Å². The molecular weight excluding hydrogens is 222 g/mol. The molecule has 3 unspecified atom stereocenters. The van der Waals surface area contributed by atoms with Gasteiger partial charge in [-0.1, -0.05) is 0 Å². The first-order valence-electron chi connectivity index (χ1n) is 6.20. The maximum Gasteiger partial charge on any atom is 0.308 e. The summed E-state index contributed by atoms with van der Waals surface area (Å²) in [4.78, 5) is 11.2. The highest BCUT2D eigenvalue weighted by atomic mass is 16.7. The minimum atomic E-state index is -0.532. The van der Waals surface area contributed by atoms with Crippen LogP contribution in [0.4, 0.5) is 0 Å². The van der Waals surface area contributed by atoms with E-state index in [-0.39, 0.29) is 18.5 Å². The Bertz CT molecular complexity index is 278. The molecule has 0 aromatic heterocycles. The molecule has 0 radical (unpaired) electrons. The summed E-state index contributed by atoms with van der Waals surface area (Å²) in [7, 11) is 1.39. The third-order valence-electron chi connectivity index (χ3n) is 3.43. The molecule has 2 aliphatic rings. The van der Waals surface area contributed by atoms with Crippen molar-refractivity contribution in [3.63, 3.8) is 0 Å². The van der Waals surface area contributed by atoms with Gasteiger partial charge in [0.15, 0.2) is 5.79 Å². The Labute approximate surface area is 102 Å². The molecule has 1 N–H and O–H groups in total. The lowest BCUT2D eigenvalue weighted by molar-refractivity contribution is -0.169. The number of hydrogen-bond donors (Lipinski definition) is 1. The van der Waals surface area contributed by atoms with Gasteiger partial charge in [0.05, 0.1) is 26.2 Å². The SMILES string of the molecule is COC(=O)CC1COC(C)(CC2CCNC2)O1. The first kappa shape index (κ1) is 12.8. The predicted octanol–water partition coefficient (Wildman–Crippen LogP) is 0.681. The molecule has 0 aromatic rings. The molecule has 3 atom stereocenters. The van der Waals surface area contributed by atoms with Crippen molar-refractivity contribution in [1.82, 2.24) is 5.32 Å². The van der Waals surface area contributed by atoms with Crippen LogP contribution in [0.3, 0.4) is 0 Å². The van der Waals surface area contributed by atoms with Crippen LogP contribution in [0.15, 0.2) is 0 Å². The normalized spacial score (nSPS) is 37.3. The molecular formula is C12H21NO4. The van der Waals surface area contributed by atoms with Gasteiger partial charge < -0.3 is 19.5 Å². The van der Waals surface area contributed by atoms with Gasteiger partial charge in [-0.25, -0.2) is 0 Å². The summed E-state index contributed by atoms with van der Waals surface area (Å²) in [6.07, 6.45) is 2.17. The zero-order chi connectivity index (χ0) is 12.3. The van der Waals surface area contributed by atoms with Crippen molar-refractivity contribution in [3.05, 3.63) is 0 Å².